The summed E-state index contributed by atoms with van der Waals surface area (Å²) >= 11 is 0. The highest BCUT2D eigenvalue weighted by molar-refractivity contribution is 5.77. The second kappa shape index (κ2) is 11.1. The summed E-state index contributed by atoms with van der Waals surface area (Å²) in [6.45, 7) is 12.4. The van der Waals surface area contributed by atoms with E-state index in [1.54, 1.807) is 6.26 Å². The molecule has 0 amide bonds. The molecule has 1 fully saturated rings. The number of morpholine rings is 1. The number of rotatable bonds is 10. The van der Waals surface area contributed by atoms with Gasteiger partial charge in [0, 0.05) is 19.6 Å². The van der Waals surface area contributed by atoms with Crippen molar-refractivity contribution in [1.29, 1.82) is 0 Å². The van der Waals surface area contributed by atoms with E-state index in [2.05, 4.69) is 34.0 Å². The largest absolute Gasteiger partial charge is 0.468 e. The van der Waals surface area contributed by atoms with Crippen molar-refractivity contribution in [2.45, 2.75) is 26.3 Å². The number of furan rings is 1. The number of hydrogen-bond donors (Lipinski definition) is 2. The lowest BCUT2D eigenvalue weighted by atomic mass is 10.2. The molecule has 1 atom stereocenters. The van der Waals surface area contributed by atoms with Gasteiger partial charge in [-0.1, -0.05) is 13.8 Å². The molecule has 0 aliphatic carbocycles. The van der Waals surface area contributed by atoms with Crippen molar-refractivity contribution in [1.82, 2.24) is 15.1 Å². The smallest absolute Gasteiger partial charge is 0.188 e. The number of ether oxygens (including phenoxy) is 1. The summed E-state index contributed by atoms with van der Waals surface area (Å²) < 4.78 is 10.9. The lowest BCUT2D eigenvalue weighted by molar-refractivity contribution is 0.0376. The maximum Gasteiger partial charge on any atom is 0.188 e. The van der Waals surface area contributed by atoms with Gasteiger partial charge in [0.1, 0.15) is 5.76 Å². The third kappa shape index (κ3) is 6.68. The molecule has 0 aromatic carbocycles. The average Bonchev–Trinajstić information content (AvgIpc) is 3.17. The van der Waals surface area contributed by atoms with Crippen LogP contribution in [0.5, 0.6) is 0 Å². The van der Waals surface area contributed by atoms with Crippen LogP contribution in [0, 0.1) is 0 Å². The molecule has 0 saturated carbocycles. The Morgan fingerprint density at radius 2 is 2.12 bits per heavy atom. The van der Waals surface area contributed by atoms with E-state index in [1.807, 2.05) is 12.1 Å². The molecular weight excluding hydrogens is 318 g/mol. The summed E-state index contributed by atoms with van der Waals surface area (Å²) in [6.07, 6.45) is 2.76. The van der Waals surface area contributed by atoms with Gasteiger partial charge in [0.2, 0.25) is 0 Å². The minimum absolute atomic E-state index is 0.124. The van der Waals surface area contributed by atoms with E-state index in [1.165, 1.54) is 0 Å². The zero-order valence-corrected chi connectivity index (χ0v) is 15.6. The second-order valence-corrected chi connectivity index (χ2v) is 6.21. The average molecular weight is 351 g/mol. The molecular formula is C18H33N5O2. The molecule has 1 aromatic rings. The molecule has 7 nitrogen and oxygen atoms in total. The number of guanidine groups is 1. The maximum absolute atomic E-state index is 6.03. The van der Waals surface area contributed by atoms with Gasteiger partial charge in [-0.3, -0.25) is 14.8 Å². The summed E-state index contributed by atoms with van der Waals surface area (Å²) in [5, 5.41) is 3.22. The Labute approximate surface area is 151 Å². The first kappa shape index (κ1) is 19.8. The number of nitrogens with two attached hydrogens (primary N) is 1. The number of hydrogen-bond acceptors (Lipinski definition) is 5. The lowest BCUT2D eigenvalue weighted by Gasteiger charge is -2.27. The van der Waals surface area contributed by atoms with Crippen LogP contribution in [-0.4, -0.2) is 74.8 Å². The standard InChI is InChI=1S/C18H33N5O2/c1-3-23(4-2)16(17-7-5-12-25-17)15-21-18(19)20-8-6-9-22-10-13-24-14-11-22/h5,7,12,16H,3-4,6,8-11,13-15H2,1-2H3,(H3,19,20,21). The Morgan fingerprint density at radius 3 is 2.76 bits per heavy atom. The predicted molar refractivity (Wildman–Crippen MR) is 101 cm³/mol. The highest BCUT2D eigenvalue weighted by atomic mass is 16.5. The first-order chi connectivity index (χ1) is 12.2. The third-order valence-corrected chi connectivity index (χ3v) is 4.62. The van der Waals surface area contributed by atoms with Gasteiger partial charge in [0.25, 0.3) is 0 Å². The SMILES string of the molecule is CCN(CC)C(CN=C(N)NCCCN1CCOCC1)c1ccco1. The Kier molecular flexibility index (Phi) is 8.79. The molecule has 25 heavy (non-hydrogen) atoms. The van der Waals surface area contributed by atoms with Gasteiger partial charge >= 0.3 is 0 Å². The minimum atomic E-state index is 0.124. The van der Waals surface area contributed by atoms with Crippen molar-refractivity contribution >= 4 is 5.96 Å². The van der Waals surface area contributed by atoms with Gasteiger partial charge in [-0.05, 0) is 38.2 Å². The van der Waals surface area contributed by atoms with E-state index in [0.29, 0.717) is 12.5 Å². The molecule has 1 aliphatic heterocycles. The van der Waals surface area contributed by atoms with E-state index >= 15 is 0 Å². The van der Waals surface area contributed by atoms with Crippen molar-refractivity contribution in [2.24, 2.45) is 10.7 Å². The van der Waals surface area contributed by atoms with Crippen LogP contribution >= 0.6 is 0 Å². The Bertz CT molecular complexity index is 482. The molecule has 1 saturated heterocycles. The van der Waals surface area contributed by atoms with E-state index in [9.17, 15) is 0 Å². The Balaban J connectivity index is 1.75. The fraction of sp³-hybridized carbons (Fsp3) is 0.722. The molecule has 142 valence electrons. The van der Waals surface area contributed by atoms with Crippen molar-refractivity contribution in [2.75, 3.05) is 59.0 Å². The van der Waals surface area contributed by atoms with Crippen molar-refractivity contribution in [3.63, 3.8) is 0 Å². The topological polar surface area (TPSA) is 79.3 Å². The van der Waals surface area contributed by atoms with Crippen LogP contribution in [0.4, 0.5) is 0 Å². The summed E-state index contributed by atoms with van der Waals surface area (Å²) in [7, 11) is 0. The van der Waals surface area contributed by atoms with Crippen LogP contribution in [0.2, 0.25) is 0 Å². The van der Waals surface area contributed by atoms with Crippen molar-refractivity contribution in [3.05, 3.63) is 24.2 Å². The molecule has 2 heterocycles. The van der Waals surface area contributed by atoms with Gasteiger partial charge in [0.15, 0.2) is 5.96 Å². The molecule has 0 bridgehead atoms. The van der Waals surface area contributed by atoms with Crippen LogP contribution in [0.1, 0.15) is 32.1 Å². The molecule has 0 spiro atoms. The van der Waals surface area contributed by atoms with Crippen LogP contribution < -0.4 is 11.1 Å². The zero-order chi connectivity index (χ0) is 17.9. The summed E-state index contributed by atoms with van der Waals surface area (Å²) in [5.74, 6) is 1.44. The number of likely N-dealkylation sites (N-methyl/N-ethyl adjacent to an activating group) is 1. The van der Waals surface area contributed by atoms with E-state index in [0.717, 1.165) is 64.7 Å². The maximum atomic E-state index is 6.03. The summed E-state index contributed by atoms with van der Waals surface area (Å²) in [6, 6.07) is 4.05. The van der Waals surface area contributed by atoms with Gasteiger partial charge < -0.3 is 20.2 Å². The van der Waals surface area contributed by atoms with Crippen LogP contribution in [0.15, 0.2) is 27.8 Å². The van der Waals surface area contributed by atoms with Gasteiger partial charge in [-0.2, -0.15) is 0 Å². The van der Waals surface area contributed by atoms with E-state index < -0.39 is 0 Å². The normalized spacial score (nSPS) is 17.8. The monoisotopic (exact) mass is 351 g/mol. The fourth-order valence-corrected chi connectivity index (χ4v) is 3.12. The summed E-state index contributed by atoms with van der Waals surface area (Å²) in [5.41, 5.74) is 6.03. The van der Waals surface area contributed by atoms with Crippen molar-refractivity contribution in [3.8, 4) is 0 Å². The van der Waals surface area contributed by atoms with Crippen LogP contribution in [-0.2, 0) is 4.74 Å². The number of nitrogens with one attached hydrogen (secondary N) is 1. The Hall–Kier alpha value is -1.57. The molecule has 2 rings (SSSR count). The minimum Gasteiger partial charge on any atom is -0.468 e. The van der Waals surface area contributed by atoms with E-state index in [-0.39, 0.29) is 6.04 Å². The zero-order valence-electron chi connectivity index (χ0n) is 15.6. The number of aliphatic imine (C=N–C) groups is 1. The van der Waals surface area contributed by atoms with Crippen LogP contribution in [0.25, 0.3) is 0 Å². The second-order valence-electron chi connectivity index (χ2n) is 6.21. The quantitative estimate of drug-likeness (QED) is 0.376. The molecule has 1 aliphatic rings. The first-order valence-corrected chi connectivity index (χ1v) is 9.36. The molecule has 7 heteroatoms. The number of nitrogens with zero attached hydrogens (tertiary/aromatic N) is 3. The molecule has 1 unspecified atom stereocenters. The summed E-state index contributed by atoms with van der Waals surface area (Å²) in [4.78, 5) is 9.28. The third-order valence-electron chi connectivity index (χ3n) is 4.62. The van der Waals surface area contributed by atoms with Gasteiger partial charge in [-0.15, -0.1) is 0 Å². The van der Waals surface area contributed by atoms with Crippen molar-refractivity contribution < 1.29 is 9.15 Å². The highest BCUT2D eigenvalue weighted by Crippen LogP contribution is 2.21. The fourth-order valence-electron chi connectivity index (χ4n) is 3.12. The van der Waals surface area contributed by atoms with Gasteiger partial charge in [-0.25, -0.2) is 0 Å². The van der Waals surface area contributed by atoms with E-state index in [4.69, 9.17) is 14.9 Å². The lowest BCUT2D eigenvalue weighted by Crippen LogP contribution is -2.39. The Morgan fingerprint density at radius 1 is 1.36 bits per heavy atom. The molecule has 0 radical (unpaired) electrons. The highest BCUT2D eigenvalue weighted by Gasteiger charge is 2.20. The molecule has 3 N–H and O–H groups in total. The van der Waals surface area contributed by atoms with Gasteiger partial charge in [0.05, 0.1) is 32.1 Å². The molecule has 1 aromatic heterocycles. The predicted octanol–water partition coefficient (Wildman–Crippen LogP) is 1.29. The first-order valence-electron chi connectivity index (χ1n) is 9.36. The van der Waals surface area contributed by atoms with Crippen LogP contribution in [0.3, 0.4) is 0 Å².